The molecule has 5 heteroatoms. The second kappa shape index (κ2) is 5.30. The Morgan fingerprint density at radius 3 is 2.75 bits per heavy atom. The third-order valence-electron chi connectivity index (χ3n) is 4.26. The van der Waals surface area contributed by atoms with Gasteiger partial charge in [0.15, 0.2) is 5.82 Å². The van der Waals surface area contributed by atoms with E-state index in [1.807, 2.05) is 12.1 Å². The first-order valence-electron chi connectivity index (χ1n) is 6.87. The average Bonchev–Trinajstić information content (AvgIpc) is 2.96. The number of hydrogen-bond acceptors (Lipinski definition) is 2. The standard InChI is InChI=1S/C15H17Cl2N3/c1-8-3-2-4-10(8)14-13(15(18)20-19-14)11-6-5-9(16)7-12(11)17/h5-8,10H,2-4H2,1H3,(H3,18,19,20). The monoisotopic (exact) mass is 309 g/mol. The van der Waals surface area contributed by atoms with Crippen molar-refractivity contribution in [3.05, 3.63) is 33.9 Å². The number of nitrogen functional groups attached to an aromatic ring is 1. The van der Waals surface area contributed by atoms with E-state index in [-0.39, 0.29) is 0 Å². The SMILES string of the molecule is CC1CCCC1c1[nH]nc(N)c1-c1ccc(Cl)cc1Cl. The topological polar surface area (TPSA) is 54.7 Å². The van der Waals surface area contributed by atoms with Crippen LogP contribution in [0.15, 0.2) is 18.2 Å². The first kappa shape index (κ1) is 13.8. The lowest BCUT2D eigenvalue weighted by molar-refractivity contribution is 0.522. The van der Waals surface area contributed by atoms with Crippen molar-refractivity contribution in [3.8, 4) is 11.1 Å². The van der Waals surface area contributed by atoms with Crippen LogP contribution in [-0.4, -0.2) is 10.2 Å². The predicted molar refractivity (Wildman–Crippen MR) is 84.2 cm³/mol. The molecule has 0 radical (unpaired) electrons. The number of nitrogens with two attached hydrogens (primary N) is 1. The highest BCUT2D eigenvalue weighted by Gasteiger charge is 2.30. The minimum Gasteiger partial charge on any atom is -0.382 e. The predicted octanol–water partition coefficient (Wildman–Crippen LogP) is 4.87. The number of nitrogens with one attached hydrogen (secondary N) is 1. The average molecular weight is 310 g/mol. The van der Waals surface area contributed by atoms with Gasteiger partial charge in [0.05, 0.1) is 5.02 Å². The lowest BCUT2D eigenvalue weighted by Crippen LogP contribution is -2.04. The van der Waals surface area contributed by atoms with Crippen molar-refractivity contribution in [2.24, 2.45) is 5.92 Å². The molecule has 0 spiro atoms. The van der Waals surface area contributed by atoms with Crippen LogP contribution in [0.1, 0.15) is 37.8 Å². The molecule has 106 valence electrons. The summed E-state index contributed by atoms with van der Waals surface area (Å²) in [6, 6.07) is 5.48. The van der Waals surface area contributed by atoms with E-state index in [1.165, 1.54) is 19.3 Å². The number of aromatic amines is 1. The van der Waals surface area contributed by atoms with Crippen LogP contribution < -0.4 is 5.73 Å². The fourth-order valence-corrected chi connectivity index (χ4v) is 3.69. The fraction of sp³-hybridized carbons (Fsp3) is 0.400. The van der Waals surface area contributed by atoms with Crippen LogP contribution in [0, 0.1) is 5.92 Å². The van der Waals surface area contributed by atoms with Gasteiger partial charge in [-0.05, 0) is 24.5 Å². The molecule has 3 N–H and O–H groups in total. The Bertz CT molecular complexity index is 636. The van der Waals surface area contributed by atoms with Gasteiger partial charge >= 0.3 is 0 Å². The molecule has 0 bridgehead atoms. The van der Waals surface area contributed by atoms with Gasteiger partial charge in [0, 0.05) is 27.8 Å². The van der Waals surface area contributed by atoms with E-state index >= 15 is 0 Å². The molecule has 0 saturated heterocycles. The molecule has 20 heavy (non-hydrogen) atoms. The number of aromatic nitrogens is 2. The van der Waals surface area contributed by atoms with Gasteiger partial charge in [-0.15, -0.1) is 0 Å². The van der Waals surface area contributed by atoms with Gasteiger partial charge < -0.3 is 5.73 Å². The lowest BCUT2D eigenvalue weighted by Gasteiger charge is -2.16. The zero-order valence-electron chi connectivity index (χ0n) is 11.3. The van der Waals surface area contributed by atoms with Gasteiger partial charge in [-0.25, -0.2) is 0 Å². The number of halogens is 2. The molecule has 2 aromatic rings. The van der Waals surface area contributed by atoms with Crippen molar-refractivity contribution in [1.82, 2.24) is 10.2 Å². The quantitative estimate of drug-likeness (QED) is 0.831. The van der Waals surface area contributed by atoms with E-state index in [9.17, 15) is 0 Å². The van der Waals surface area contributed by atoms with Crippen molar-refractivity contribution in [2.45, 2.75) is 32.1 Å². The third-order valence-corrected chi connectivity index (χ3v) is 4.80. The van der Waals surface area contributed by atoms with Crippen LogP contribution in [0.25, 0.3) is 11.1 Å². The summed E-state index contributed by atoms with van der Waals surface area (Å²) >= 11 is 12.3. The highest BCUT2D eigenvalue weighted by Crippen LogP contribution is 2.45. The first-order chi connectivity index (χ1) is 9.58. The highest BCUT2D eigenvalue weighted by molar-refractivity contribution is 6.36. The lowest BCUT2D eigenvalue weighted by atomic mass is 9.90. The van der Waals surface area contributed by atoms with Crippen molar-refractivity contribution < 1.29 is 0 Å². The molecule has 1 aliphatic rings. The van der Waals surface area contributed by atoms with Crippen LogP contribution in [0.4, 0.5) is 5.82 Å². The number of hydrogen-bond donors (Lipinski definition) is 2. The Labute approximate surface area is 128 Å². The maximum absolute atomic E-state index is 6.33. The minimum atomic E-state index is 0.474. The zero-order chi connectivity index (χ0) is 14.3. The van der Waals surface area contributed by atoms with Crippen molar-refractivity contribution in [1.29, 1.82) is 0 Å². The van der Waals surface area contributed by atoms with E-state index in [0.717, 1.165) is 16.8 Å². The molecular weight excluding hydrogens is 293 g/mol. The van der Waals surface area contributed by atoms with Gasteiger partial charge in [0.25, 0.3) is 0 Å². The summed E-state index contributed by atoms with van der Waals surface area (Å²) in [5.41, 5.74) is 9.00. The van der Waals surface area contributed by atoms with Gasteiger partial charge in [0.2, 0.25) is 0 Å². The molecular formula is C15H17Cl2N3. The van der Waals surface area contributed by atoms with Crippen molar-refractivity contribution >= 4 is 29.0 Å². The molecule has 3 rings (SSSR count). The van der Waals surface area contributed by atoms with Gasteiger partial charge in [-0.1, -0.05) is 49.0 Å². The molecule has 1 aromatic carbocycles. The molecule has 0 amide bonds. The molecule has 1 heterocycles. The number of H-pyrrole nitrogens is 1. The summed E-state index contributed by atoms with van der Waals surface area (Å²) < 4.78 is 0. The number of nitrogens with zero attached hydrogens (tertiary/aromatic N) is 1. The second-order valence-electron chi connectivity index (χ2n) is 5.54. The molecule has 1 saturated carbocycles. The van der Waals surface area contributed by atoms with Crippen LogP contribution in [0.2, 0.25) is 10.0 Å². The van der Waals surface area contributed by atoms with Crippen molar-refractivity contribution in [2.75, 3.05) is 5.73 Å². The van der Waals surface area contributed by atoms with Crippen LogP contribution in [-0.2, 0) is 0 Å². The highest BCUT2D eigenvalue weighted by atomic mass is 35.5. The van der Waals surface area contributed by atoms with E-state index < -0.39 is 0 Å². The number of anilines is 1. The van der Waals surface area contributed by atoms with E-state index in [1.54, 1.807) is 6.07 Å². The van der Waals surface area contributed by atoms with Crippen LogP contribution in [0.5, 0.6) is 0 Å². The van der Waals surface area contributed by atoms with Crippen molar-refractivity contribution in [3.63, 3.8) is 0 Å². The Hall–Kier alpha value is -1.19. The Balaban J connectivity index is 2.11. The summed E-state index contributed by atoms with van der Waals surface area (Å²) in [4.78, 5) is 0. The smallest absolute Gasteiger partial charge is 0.153 e. The zero-order valence-corrected chi connectivity index (χ0v) is 12.8. The van der Waals surface area contributed by atoms with Gasteiger partial charge in [0.1, 0.15) is 0 Å². The van der Waals surface area contributed by atoms with Crippen LogP contribution >= 0.6 is 23.2 Å². The molecule has 1 aliphatic carbocycles. The molecule has 3 nitrogen and oxygen atoms in total. The summed E-state index contributed by atoms with van der Waals surface area (Å²) in [6.45, 7) is 2.28. The molecule has 0 aliphatic heterocycles. The Morgan fingerprint density at radius 2 is 2.10 bits per heavy atom. The maximum atomic E-state index is 6.33. The fourth-order valence-electron chi connectivity index (χ4n) is 3.19. The molecule has 2 unspecified atom stereocenters. The normalized spacial score (nSPS) is 22.4. The minimum absolute atomic E-state index is 0.474. The Kier molecular flexibility index (Phi) is 3.65. The van der Waals surface area contributed by atoms with E-state index in [0.29, 0.717) is 27.7 Å². The Morgan fingerprint density at radius 1 is 1.30 bits per heavy atom. The van der Waals surface area contributed by atoms with Gasteiger partial charge in [-0.2, -0.15) is 5.10 Å². The molecule has 2 atom stereocenters. The second-order valence-corrected chi connectivity index (χ2v) is 6.38. The molecule has 1 aromatic heterocycles. The summed E-state index contributed by atoms with van der Waals surface area (Å²) in [5.74, 6) is 1.62. The van der Waals surface area contributed by atoms with Crippen LogP contribution in [0.3, 0.4) is 0 Å². The largest absolute Gasteiger partial charge is 0.382 e. The third kappa shape index (κ3) is 2.29. The maximum Gasteiger partial charge on any atom is 0.153 e. The summed E-state index contributed by atoms with van der Waals surface area (Å²) in [5, 5.41) is 8.55. The number of rotatable bonds is 2. The van der Waals surface area contributed by atoms with E-state index in [2.05, 4.69) is 17.1 Å². The first-order valence-corrected chi connectivity index (χ1v) is 7.62. The summed E-state index contributed by atoms with van der Waals surface area (Å²) in [7, 11) is 0. The number of benzene rings is 1. The van der Waals surface area contributed by atoms with E-state index in [4.69, 9.17) is 28.9 Å². The van der Waals surface area contributed by atoms with Gasteiger partial charge in [-0.3, -0.25) is 5.10 Å². The molecule has 1 fully saturated rings. The summed E-state index contributed by atoms with van der Waals surface area (Å²) in [6.07, 6.45) is 3.66.